The molecule has 0 N–H and O–H groups in total. The van der Waals surface area contributed by atoms with Crippen LogP contribution in [0.5, 0.6) is 17.2 Å². The van der Waals surface area contributed by atoms with E-state index in [-0.39, 0.29) is 5.69 Å². The number of nitro groups is 1. The number of benzene rings is 2. The molecule has 2 aromatic rings. The van der Waals surface area contributed by atoms with Crippen LogP contribution in [-0.2, 0) is 5.33 Å². The van der Waals surface area contributed by atoms with Crippen LogP contribution in [0.4, 0.5) is 5.69 Å². The molecule has 0 spiro atoms. The maximum atomic E-state index is 10.9. The summed E-state index contributed by atoms with van der Waals surface area (Å²) in [6.45, 7) is 1.92. The zero-order valence-electron chi connectivity index (χ0n) is 11.6. The average molecular weight is 352 g/mol. The number of methoxy groups -OCH3 is 1. The van der Waals surface area contributed by atoms with Crippen molar-refractivity contribution < 1.29 is 14.4 Å². The number of alkyl halides is 1. The van der Waals surface area contributed by atoms with E-state index in [1.54, 1.807) is 0 Å². The van der Waals surface area contributed by atoms with Gasteiger partial charge in [0.25, 0.3) is 5.69 Å². The first-order chi connectivity index (χ1) is 10.0. The van der Waals surface area contributed by atoms with Gasteiger partial charge in [0.05, 0.1) is 18.1 Å². The summed E-state index contributed by atoms with van der Waals surface area (Å²) in [5, 5.41) is 11.6. The molecule has 0 aromatic heterocycles. The van der Waals surface area contributed by atoms with Crippen molar-refractivity contribution in [3.63, 3.8) is 0 Å². The Balaban J connectivity index is 2.38. The van der Waals surface area contributed by atoms with Crippen molar-refractivity contribution in [2.45, 2.75) is 12.3 Å². The van der Waals surface area contributed by atoms with E-state index in [0.717, 1.165) is 16.5 Å². The van der Waals surface area contributed by atoms with Crippen LogP contribution in [0.1, 0.15) is 11.1 Å². The van der Waals surface area contributed by atoms with E-state index < -0.39 is 4.92 Å². The third-order valence-corrected chi connectivity index (χ3v) is 3.62. The van der Waals surface area contributed by atoms with Crippen LogP contribution in [0.2, 0.25) is 0 Å². The largest absolute Gasteiger partial charge is 0.493 e. The molecule has 0 aliphatic rings. The van der Waals surface area contributed by atoms with Gasteiger partial charge in [-0.2, -0.15) is 0 Å². The number of halogens is 1. The molecule has 0 unspecified atom stereocenters. The molecule has 0 amide bonds. The summed E-state index contributed by atoms with van der Waals surface area (Å²) in [6.07, 6.45) is 0. The average Bonchev–Trinajstić information content (AvgIpc) is 2.49. The quantitative estimate of drug-likeness (QED) is 0.448. The number of non-ortho nitro benzene ring substituents is 1. The molecular weight excluding hydrogens is 338 g/mol. The Morgan fingerprint density at radius 3 is 2.43 bits per heavy atom. The Bertz CT molecular complexity index is 673. The van der Waals surface area contributed by atoms with Crippen LogP contribution >= 0.6 is 15.9 Å². The van der Waals surface area contributed by atoms with Gasteiger partial charge in [0.15, 0.2) is 11.5 Å². The number of rotatable bonds is 5. The first-order valence-electron chi connectivity index (χ1n) is 6.21. The molecule has 110 valence electrons. The lowest BCUT2D eigenvalue weighted by molar-refractivity contribution is -0.384. The molecule has 2 aromatic carbocycles. The molecule has 0 heterocycles. The molecular formula is C15H14BrNO4. The summed E-state index contributed by atoms with van der Waals surface area (Å²) in [7, 11) is 1.49. The molecule has 0 fully saturated rings. The van der Waals surface area contributed by atoms with Crippen molar-refractivity contribution in [1.29, 1.82) is 0 Å². The second-order valence-corrected chi connectivity index (χ2v) is 4.99. The first kappa shape index (κ1) is 15.3. The van der Waals surface area contributed by atoms with Crippen molar-refractivity contribution in [1.82, 2.24) is 0 Å². The Morgan fingerprint density at radius 2 is 1.86 bits per heavy atom. The normalized spacial score (nSPS) is 10.2. The first-order valence-corrected chi connectivity index (χ1v) is 7.33. The van der Waals surface area contributed by atoms with E-state index in [2.05, 4.69) is 15.9 Å². The highest BCUT2D eigenvalue weighted by molar-refractivity contribution is 9.08. The molecule has 0 aliphatic carbocycles. The summed E-state index contributed by atoms with van der Waals surface area (Å²) in [5.41, 5.74) is 2.03. The number of ether oxygens (including phenoxy) is 2. The Hall–Kier alpha value is -2.08. The zero-order valence-corrected chi connectivity index (χ0v) is 13.2. The summed E-state index contributed by atoms with van der Waals surface area (Å²) in [5.74, 6) is 1.41. The Labute approximate surface area is 130 Å². The van der Waals surface area contributed by atoms with Crippen LogP contribution < -0.4 is 9.47 Å². The molecule has 21 heavy (non-hydrogen) atoms. The summed E-state index contributed by atoms with van der Waals surface area (Å²) in [4.78, 5) is 10.4. The van der Waals surface area contributed by atoms with Gasteiger partial charge in [0.2, 0.25) is 0 Å². The van der Waals surface area contributed by atoms with Gasteiger partial charge in [-0.25, -0.2) is 0 Å². The molecule has 0 saturated heterocycles. The summed E-state index contributed by atoms with van der Waals surface area (Å²) in [6, 6.07) is 10.0. The van der Waals surface area contributed by atoms with Gasteiger partial charge < -0.3 is 9.47 Å². The number of hydrogen-bond donors (Lipinski definition) is 0. The molecule has 0 radical (unpaired) electrons. The third-order valence-electron chi connectivity index (χ3n) is 2.97. The van der Waals surface area contributed by atoms with Crippen molar-refractivity contribution in [3.8, 4) is 17.2 Å². The lowest BCUT2D eigenvalue weighted by atomic mass is 10.1. The van der Waals surface area contributed by atoms with Gasteiger partial charge in [-0.15, -0.1) is 0 Å². The molecule has 0 aliphatic heterocycles. The van der Waals surface area contributed by atoms with Gasteiger partial charge in [0, 0.05) is 11.4 Å². The molecule has 0 saturated carbocycles. The molecule has 6 heteroatoms. The number of nitrogens with zero attached hydrogens (tertiary/aromatic N) is 1. The van der Waals surface area contributed by atoms with Gasteiger partial charge in [-0.3, -0.25) is 10.1 Å². The number of hydrogen-bond acceptors (Lipinski definition) is 4. The highest BCUT2D eigenvalue weighted by Gasteiger charge is 2.14. The second kappa shape index (κ2) is 6.58. The van der Waals surface area contributed by atoms with Crippen molar-refractivity contribution in [2.75, 3.05) is 7.11 Å². The molecule has 2 rings (SSSR count). The van der Waals surface area contributed by atoms with E-state index in [4.69, 9.17) is 9.47 Å². The fourth-order valence-corrected chi connectivity index (χ4v) is 2.24. The van der Waals surface area contributed by atoms with Gasteiger partial charge >= 0.3 is 0 Å². The van der Waals surface area contributed by atoms with E-state index in [0.29, 0.717) is 17.2 Å². The van der Waals surface area contributed by atoms with Crippen LogP contribution in [-0.4, -0.2) is 12.0 Å². The van der Waals surface area contributed by atoms with Crippen molar-refractivity contribution >= 4 is 21.6 Å². The summed E-state index contributed by atoms with van der Waals surface area (Å²) >= 11 is 3.40. The highest BCUT2D eigenvalue weighted by atomic mass is 79.9. The minimum atomic E-state index is -0.465. The predicted octanol–water partition coefficient (Wildman–Crippen LogP) is 4.60. The minimum Gasteiger partial charge on any atom is -0.493 e. The van der Waals surface area contributed by atoms with Crippen LogP contribution in [0.3, 0.4) is 0 Å². The maximum Gasteiger partial charge on any atom is 0.273 e. The highest BCUT2D eigenvalue weighted by Crippen LogP contribution is 2.36. The van der Waals surface area contributed by atoms with E-state index in [1.165, 1.54) is 25.3 Å². The lowest BCUT2D eigenvalue weighted by Crippen LogP contribution is -1.95. The topological polar surface area (TPSA) is 61.6 Å². The van der Waals surface area contributed by atoms with Crippen molar-refractivity contribution in [3.05, 3.63) is 57.6 Å². The zero-order chi connectivity index (χ0) is 15.4. The van der Waals surface area contributed by atoms with E-state index in [1.807, 2.05) is 25.1 Å². The Kier molecular flexibility index (Phi) is 4.80. The number of aryl methyl sites for hydroxylation is 1. The van der Waals surface area contributed by atoms with E-state index in [9.17, 15) is 10.1 Å². The van der Waals surface area contributed by atoms with Gasteiger partial charge in [0.1, 0.15) is 5.75 Å². The van der Waals surface area contributed by atoms with Crippen LogP contribution in [0.15, 0.2) is 36.4 Å². The fourth-order valence-electron chi connectivity index (χ4n) is 1.89. The molecule has 5 nitrogen and oxygen atoms in total. The summed E-state index contributed by atoms with van der Waals surface area (Å²) < 4.78 is 11.0. The van der Waals surface area contributed by atoms with Crippen LogP contribution in [0, 0.1) is 17.0 Å². The fraction of sp³-hybridized carbons (Fsp3) is 0.200. The predicted molar refractivity (Wildman–Crippen MR) is 83.5 cm³/mol. The standard InChI is InChI=1S/C15H14BrNO4/c1-10-7-11(9-16)3-5-13(10)21-15-8-12(17(18)19)4-6-14(15)20-2/h3-8H,9H2,1-2H3. The van der Waals surface area contributed by atoms with E-state index >= 15 is 0 Å². The maximum absolute atomic E-state index is 10.9. The van der Waals surface area contributed by atoms with Gasteiger partial charge in [-0.1, -0.05) is 28.1 Å². The minimum absolute atomic E-state index is 0.0412. The lowest BCUT2D eigenvalue weighted by Gasteiger charge is -2.12. The number of nitro benzene ring substituents is 1. The monoisotopic (exact) mass is 351 g/mol. The SMILES string of the molecule is COc1ccc([N+](=O)[O-])cc1Oc1ccc(CBr)cc1C. The van der Waals surface area contributed by atoms with Crippen molar-refractivity contribution in [2.24, 2.45) is 0 Å². The smallest absolute Gasteiger partial charge is 0.273 e. The van der Waals surface area contributed by atoms with Crippen LogP contribution in [0.25, 0.3) is 0 Å². The second-order valence-electron chi connectivity index (χ2n) is 4.43. The van der Waals surface area contributed by atoms with Gasteiger partial charge in [-0.05, 0) is 30.2 Å². The Morgan fingerprint density at radius 1 is 1.14 bits per heavy atom. The molecule has 0 atom stereocenters. The molecule has 0 bridgehead atoms. The third kappa shape index (κ3) is 3.52.